The average Bonchev–Trinajstić information content (AvgIpc) is 3.23. The molecule has 0 aromatic carbocycles. The molecule has 0 spiro atoms. The van der Waals surface area contributed by atoms with Crippen molar-refractivity contribution in [2.45, 2.75) is 18.9 Å². The Morgan fingerprint density at radius 2 is 2.20 bits per heavy atom. The molecule has 4 rings (SSSR count). The number of primary amides is 1. The number of carbonyl (C=O) groups excluding carboxylic acids is 1. The van der Waals surface area contributed by atoms with Crippen molar-refractivity contribution >= 4 is 21.3 Å². The van der Waals surface area contributed by atoms with Gasteiger partial charge in [-0.05, 0) is 24.6 Å². The second kappa shape index (κ2) is 5.66. The summed E-state index contributed by atoms with van der Waals surface area (Å²) < 4.78 is 27.0. The van der Waals surface area contributed by atoms with Gasteiger partial charge < -0.3 is 5.73 Å². The number of aromatic nitrogens is 5. The summed E-state index contributed by atoms with van der Waals surface area (Å²) in [7, 11) is -3.08. The second-order valence-corrected chi connectivity index (χ2v) is 8.34. The molecule has 1 aliphatic rings. The van der Waals surface area contributed by atoms with E-state index in [1.165, 1.54) is 0 Å². The van der Waals surface area contributed by atoms with Crippen molar-refractivity contribution < 1.29 is 13.2 Å². The van der Waals surface area contributed by atoms with E-state index in [9.17, 15) is 13.2 Å². The van der Waals surface area contributed by atoms with Crippen LogP contribution in [0.4, 0.5) is 0 Å². The van der Waals surface area contributed by atoms with Crippen molar-refractivity contribution in [1.82, 2.24) is 24.4 Å². The van der Waals surface area contributed by atoms with Crippen LogP contribution >= 0.6 is 0 Å². The number of fused-ring (bicyclic) bond motifs is 1. The Bertz CT molecular complexity index is 1070. The molecule has 25 heavy (non-hydrogen) atoms. The van der Waals surface area contributed by atoms with Gasteiger partial charge in [0, 0.05) is 18.0 Å². The van der Waals surface area contributed by atoms with Gasteiger partial charge in [0.2, 0.25) is 5.91 Å². The third-order valence-electron chi connectivity index (χ3n) is 4.22. The third kappa shape index (κ3) is 3.00. The predicted molar refractivity (Wildman–Crippen MR) is 89.4 cm³/mol. The summed E-state index contributed by atoms with van der Waals surface area (Å²) in [6.07, 6.45) is 3.87. The Labute approximate surface area is 143 Å². The van der Waals surface area contributed by atoms with Crippen LogP contribution in [0, 0.1) is 0 Å². The van der Waals surface area contributed by atoms with Crippen LogP contribution in [-0.2, 0) is 21.1 Å². The number of nitrogens with zero attached hydrogens (tertiary/aromatic N) is 5. The number of rotatable bonds is 4. The van der Waals surface area contributed by atoms with Crippen LogP contribution < -0.4 is 5.73 Å². The molecule has 1 atom stereocenters. The van der Waals surface area contributed by atoms with Crippen molar-refractivity contribution in [3.05, 3.63) is 36.4 Å². The van der Waals surface area contributed by atoms with Crippen LogP contribution in [0.2, 0.25) is 0 Å². The quantitative estimate of drug-likeness (QED) is 0.697. The molecule has 10 heteroatoms. The summed E-state index contributed by atoms with van der Waals surface area (Å²) in [6.45, 7) is 0. The molecule has 3 aromatic rings. The maximum atomic E-state index is 11.8. The maximum absolute atomic E-state index is 11.8. The number of hydrogen-bond donors (Lipinski definition) is 1. The first-order chi connectivity index (χ1) is 11.9. The molecule has 2 N–H and O–H groups in total. The smallest absolute Gasteiger partial charge is 0.225 e. The van der Waals surface area contributed by atoms with Crippen molar-refractivity contribution in [2.24, 2.45) is 5.73 Å². The van der Waals surface area contributed by atoms with E-state index in [4.69, 9.17) is 5.73 Å². The van der Waals surface area contributed by atoms with Crippen molar-refractivity contribution in [1.29, 1.82) is 0 Å². The number of carbonyl (C=O) groups is 1. The molecular weight excluding hydrogens is 344 g/mol. The summed E-state index contributed by atoms with van der Waals surface area (Å²) in [6, 6.07) is 5.28. The van der Waals surface area contributed by atoms with Crippen LogP contribution in [0.1, 0.15) is 18.3 Å². The highest BCUT2D eigenvalue weighted by Crippen LogP contribution is 2.29. The van der Waals surface area contributed by atoms with Crippen molar-refractivity contribution in [3.8, 4) is 11.4 Å². The molecule has 0 radical (unpaired) electrons. The Kier molecular flexibility index (Phi) is 3.57. The number of hydrogen-bond acceptors (Lipinski definition) is 6. The monoisotopic (exact) mass is 360 g/mol. The minimum Gasteiger partial charge on any atom is -0.369 e. The van der Waals surface area contributed by atoms with Crippen LogP contribution in [-0.4, -0.2) is 50.2 Å². The molecule has 1 amide bonds. The SMILES string of the molecule is NC(=O)Cc1nc(-c2ccn3nccc3c2)n(C2CCS(=O)(=O)C2)n1. The van der Waals surface area contributed by atoms with Crippen LogP contribution in [0.25, 0.3) is 16.9 Å². The summed E-state index contributed by atoms with van der Waals surface area (Å²) in [5.41, 5.74) is 6.90. The number of pyridine rings is 1. The van der Waals surface area contributed by atoms with Gasteiger partial charge in [-0.2, -0.15) is 10.2 Å². The lowest BCUT2D eigenvalue weighted by Crippen LogP contribution is -2.16. The van der Waals surface area contributed by atoms with E-state index in [0.717, 1.165) is 11.1 Å². The fraction of sp³-hybridized carbons (Fsp3) is 0.333. The Morgan fingerprint density at radius 1 is 1.36 bits per heavy atom. The average molecular weight is 360 g/mol. The van der Waals surface area contributed by atoms with E-state index < -0.39 is 15.7 Å². The Balaban J connectivity index is 1.81. The van der Waals surface area contributed by atoms with Gasteiger partial charge in [0.1, 0.15) is 0 Å². The fourth-order valence-electron chi connectivity index (χ4n) is 3.08. The van der Waals surface area contributed by atoms with Crippen LogP contribution in [0.3, 0.4) is 0 Å². The van der Waals surface area contributed by atoms with E-state index in [1.807, 2.05) is 18.2 Å². The highest BCUT2D eigenvalue weighted by molar-refractivity contribution is 7.91. The standard InChI is InChI=1S/C15H16N6O3S/c16-13(22)8-14-18-15(10-2-5-20-11(7-10)1-4-17-20)21(19-14)12-3-6-25(23,24)9-12/h1-2,4-5,7,12H,3,6,8-9H2,(H2,16,22). The molecule has 3 aromatic heterocycles. The van der Waals surface area contributed by atoms with Crippen molar-refractivity contribution in [3.63, 3.8) is 0 Å². The molecule has 0 saturated carbocycles. The highest BCUT2D eigenvalue weighted by atomic mass is 32.2. The van der Waals surface area contributed by atoms with Crippen LogP contribution in [0.15, 0.2) is 30.6 Å². The molecule has 4 heterocycles. The molecule has 130 valence electrons. The zero-order chi connectivity index (χ0) is 17.6. The first-order valence-corrected chi connectivity index (χ1v) is 9.61. The number of nitrogens with two attached hydrogens (primary N) is 1. The summed E-state index contributed by atoms with van der Waals surface area (Å²) in [5, 5.41) is 8.51. The summed E-state index contributed by atoms with van der Waals surface area (Å²) in [4.78, 5) is 15.6. The molecule has 9 nitrogen and oxygen atoms in total. The molecule has 1 unspecified atom stereocenters. The van der Waals surface area contributed by atoms with Gasteiger partial charge in [-0.25, -0.2) is 22.6 Å². The normalized spacial score (nSPS) is 19.4. The first kappa shape index (κ1) is 15.8. The second-order valence-electron chi connectivity index (χ2n) is 6.11. The van der Waals surface area contributed by atoms with E-state index in [0.29, 0.717) is 18.1 Å². The lowest BCUT2D eigenvalue weighted by atomic mass is 10.2. The number of amides is 1. The Morgan fingerprint density at radius 3 is 2.92 bits per heavy atom. The van der Waals surface area contributed by atoms with Gasteiger partial charge in [0.15, 0.2) is 21.5 Å². The molecular formula is C15H16N6O3S. The molecule has 0 bridgehead atoms. The molecule has 1 aliphatic heterocycles. The van der Waals surface area contributed by atoms with Gasteiger partial charge >= 0.3 is 0 Å². The van der Waals surface area contributed by atoms with E-state index in [-0.39, 0.29) is 24.0 Å². The van der Waals surface area contributed by atoms with E-state index in [2.05, 4.69) is 15.2 Å². The van der Waals surface area contributed by atoms with Gasteiger partial charge in [-0.15, -0.1) is 0 Å². The van der Waals surface area contributed by atoms with E-state index >= 15 is 0 Å². The third-order valence-corrected chi connectivity index (χ3v) is 5.97. The molecule has 1 saturated heterocycles. The number of sulfone groups is 1. The van der Waals surface area contributed by atoms with Gasteiger partial charge in [-0.3, -0.25) is 4.79 Å². The van der Waals surface area contributed by atoms with Gasteiger partial charge in [-0.1, -0.05) is 0 Å². The van der Waals surface area contributed by atoms with Crippen LogP contribution in [0.5, 0.6) is 0 Å². The largest absolute Gasteiger partial charge is 0.369 e. The zero-order valence-corrected chi connectivity index (χ0v) is 14.1. The maximum Gasteiger partial charge on any atom is 0.225 e. The summed E-state index contributed by atoms with van der Waals surface area (Å²) in [5.74, 6) is 0.439. The highest BCUT2D eigenvalue weighted by Gasteiger charge is 2.32. The van der Waals surface area contributed by atoms with Crippen molar-refractivity contribution in [2.75, 3.05) is 11.5 Å². The van der Waals surface area contributed by atoms with Gasteiger partial charge in [0.25, 0.3) is 0 Å². The fourth-order valence-corrected chi connectivity index (χ4v) is 4.77. The minimum atomic E-state index is -3.08. The summed E-state index contributed by atoms with van der Waals surface area (Å²) >= 11 is 0. The predicted octanol–water partition coefficient (Wildman–Crippen LogP) is -0.0198. The Hall–Kier alpha value is -2.75. The molecule has 0 aliphatic carbocycles. The van der Waals surface area contributed by atoms with E-state index in [1.54, 1.807) is 21.6 Å². The first-order valence-electron chi connectivity index (χ1n) is 7.79. The lowest BCUT2D eigenvalue weighted by Gasteiger charge is -2.11. The minimum absolute atomic E-state index is 0.0221. The van der Waals surface area contributed by atoms with Gasteiger partial charge in [0.05, 0.1) is 29.5 Å². The molecule has 1 fully saturated rings. The topological polar surface area (TPSA) is 125 Å². The lowest BCUT2D eigenvalue weighted by molar-refractivity contribution is -0.117. The zero-order valence-electron chi connectivity index (χ0n) is 13.2.